The number of anilines is 1. The molecule has 1 heterocycles. The molecule has 1 fully saturated rings. The van der Waals surface area contributed by atoms with Crippen molar-refractivity contribution in [1.29, 1.82) is 0 Å². The molecule has 0 atom stereocenters. The van der Waals surface area contributed by atoms with E-state index in [0.29, 0.717) is 23.2 Å². The maximum atomic E-state index is 13.8. The molecule has 0 saturated heterocycles. The van der Waals surface area contributed by atoms with Gasteiger partial charge in [-0.1, -0.05) is 11.6 Å². The molecule has 1 aliphatic rings. The molecule has 0 spiro atoms. The second-order valence-electron chi connectivity index (χ2n) is 5.42. The number of nitrogens with zero attached hydrogens (tertiary/aromatic N) is 2. The van der Waals surface area contributed by atoms with Gasteiger partial charge in [0.05, 0.1) is 24.1 Å². The number of ether oxygens (including phenoxy) is 1. The van der Waals surface area contributed by atoms with E-state index in [-0.39, 0.29) is 23.2 Å². The Bertz CT molecular complexity index is 692. The van der Waals surface area contributed by atoms with E-state index in [4.69, 9.17) is 22.1 Å². The number of aliphatic hydroxyl groups excluding tert-OH is 1. The lowest BCUT2D eigenvalue weighted by Crippen LogP contribution is -2.32. The van der Waals surface area contributed by atoms with E-state index in [9.17, 15) is 9.50 Å². The molecular weight excluding hydrogens is 309 g/mol. The van der Waals surface area contributed by atoms with Gasteiger partial charge < -0.3 is 15.6 Å². The van der Waals surface area contributed by atoms with Crippen LogP contribution in [0.5, 0.6) is 5.88 Å². The summed E-state index contributed by atoms with van der Waals surface area (Å²) in [4.78, 5) is 0. The summed E-state index contributed by atoms with van der Waals surface area (Å²) >= 11 is 5.87. The summed E-state index contributed by atoms with van der Waals surface area (Å²) < 4.78 is 19.3. The number of hydrogen-bond acceptors (Lipinski definition) is 5. The molecule has 0 radical (unpaired) electrons. The maximum absolute atomic E-state index is 13.8. The number of nitrogen functional groups attached to an aromatic ring is 1. The molecule has 7 heteroatoms. The molecule has 3 rings (SSSR count). The molecule has 2 aromatic rings. The lowest BCUT2D eigenvalue weighted by Gasteiger charge is -2.30. The van der Waals surface area contributed by atoms with Crippen LogP contribution in [0.25, 0.3) is 11.3 Å². The Kier molecular flexibility index (Phi) is 4.13. The SMILES string of the molecule is Nc1cc(-c2cc(Cl)ccc2F)nnc1OC[C@H]1C[C@@H](O)C1. The number of aromatic nitrogens is 2. The first kappa shape index (κ1) is 15.0. The van der Waals surface area contributed by atoms with Gasteiger partial charge in [0.1, 0.15) is 5.82 Å². The van der Waals surface area contributed by atoms with Gasteiger partial charge in [0.2, 0.25) is 0 Å². The lowest BCUT2D eigenvalue weighted by molar-refractivity contribution is 0.0195. The van der Waals surface area contributed by atoms with Crippen molar-refractivity contribution in [3.8, 4) is 17.1 Å². The Labute approximate surface area is 131 Å². The molecule has 0 unspecified atom stereocenters. The molecule has 5 nitrogen and oxygen atoms in total. The molecule has 0 bridgehead atoms. The van der Waals surface area contributed by atoms with Crippen LogP contribution in [0.4, 0.5) is 10.1 Å². The molecule has 3 N–H and O–H groups in total. The van der Waals surface area contributed by atoms with E-state index in [0.717, 1.165) is 12.8 Å². The molecule has 1 saturated carbocycles. The van der Waals surface area contributed by atoms with Crippen molar-refractivity contribution in [3.63, 3.8) is 0 Å². The zero-order valence-corrected chi connectivity index (χ0v) is 12.4. The van der Waals surface area contributed by atoms with Crippen LogP contribution < -0.4 is 10.5 Å². The molecule has 116 valence electrons. The predicted octanol–water partition coefficient (Wildman–Crippen LogP) is 2.67. The quantitative estimate of drug-likeness (QED) is 0.904. The molecular formula is C15H15ClFN3O2. The monoisotopic (exact) mass is 323 g/mol. The highest BCUT2D eigenvalue weighted by molar-refractivity contribution is 6.30. The van der Waals surface area contributed by atoms with Crippen LogP contribution in [0.15, 0.2) is 24.3 Å². The summed E-state index contributed by atoms with van der Waals surface area (Å²) in [5, 5.41) is 17.5. The molecule has 1 aromatic heterocycles. The minimum atomic E-state index is -0.449. The van der Waals surface area contributed by atoms with Gasteiger partial charge in [-0.2, -0.15) is 0 Å². The van der Waals surface area contributed by atoms with E-state index < -0.39 is 5.82 Å². The van der Waals surface area contributed by atoms with E-state index >= 15 is 0 Å². The summed E-state index contributed by atoms with van der Waals surface area (Å²) in [5.41, 5.74) is 6.70. The van der Waals surface area contributed by atoms with Gasteiger partial charge in [-0.15, -0.1) is 10.2 Å². The highest BCUT2D eigenvalue weighted by Crippen LogP contribution is 2.30. The number of nitrogens with two attached hydrogens (primary N) is 1. The Morgan fingerprint density at radius 1 is 1.32 bits per heavy atom. The summed E-state index contributed by atoms with van der Waals surface area (Å²) in [6.07, 6.45) is 1.21. The van der Waals surface area contributed by atoms with Crippen LogP contribution in [0.1, 0.15) is 12.8 Å². The zero-order chi connectivity index (χ0) is 15.7. The van der Waals surface area contributed by atoms with Crippen LogP contribution in [-0.2, 0) is 0 Å². The fraction of sp³-hybridized carbons (Fsp3) is 0.333. The van der Waals surface area contributed by atoms with Crippen LogP contribution in [-0.4, -0.2) is 28.0 Å². The predicted molar refractivity (Wildman–Crippen MR) is 81.1 cm³/mol. The molecule has 0 aliphatic heterocycles. The average Bonchev–Trinajstić information content (AvgIpc) is 2.46. The van der Waals surface area contributed by atoms with Gasteiger partial charge in [-0.25, -0.2) is 4.39 Å². The number of halogens is 2. The first-order chi connectivity index (χ1) is 10.5. The molecule has 22 heavy (non-hydrogen) atoms. The lowest BCUT2D eigenvalue weighted by atomic mass is 9.83. The number of rotatable bonds is 4. The van der Waals surface area contributed by atoms with Crippen molar-refractivity contribution in [2.75, 3.05) is 12.3 Å². The third-order valence-corrected chi connectivity index (χ3v) is 3.89. The fourth-order valence-corrected chi connectivity index (χ4v) is 2.54. The van der Waals surface area contributed by atoms with Gasteiger partial charge in [0.25, 0.3) is 5.88 Å². The highest BCUT2D eigenvalue weighted by atomic mass is 35.5. The van der Waals surface area contributed by atoms with Gasteiger partial charge in [-0.05, 0) is 43.0 Å². The number of aliphatic hydroxyl groups is 1. The van der Waals surface area contributed by atoms with E-state index in [1.807, 2.05) is 0 Å². The third kappa shape index (κ3) is 3.13. The molecule has 1 aliphatic carbocycles. The van der Waals surface area contributed by atoms with Gasteiger partial charge in [0.15, 0.2) is 0 Å². The smallest absolute Gasteiger partial charge is 0.256 e. The molecule has 0 amide bonds. The van der Waals surface area contributed by atoms with Crippen LogP contribution in [0.3, 0.4) is 0 Å². The van der Waals surface area contributed by atoms with Gasteiger partial charge in [-0.3, -0.25) is 0 Å². The number of hydrogen-bond donors (Lipinski definition) is 2. The molecule has 1 aromatic carbocycles. The summed E-state index contributed by atoms with van der Waals surface area (Å²) in [6, 6.07) is 5.70. The average molecular weight is 324 g/mol. The first-order valence-corrected chi connectivity index (χ1v) is 7.30. The van der Waals surface area contributed by atoms with E-state index in [1.165, 1.54) is 24.3 Å². The highest BCUT2D eigenvalue weighted by Gasteiger charge is 2.28. The van der Waals surface area contributed by atoms with Crippen molar-refractivity contribution in [3.05, 3.63) is 35.1 Å². The minimum absolute atomic E-state index is 0.215. The van der Waals surface area contributed by atoms with Crippen molar-refractivity contribution in [2.45, 2.75) is 18.9 Å². The Morgan fingerprint density at radius 3 is 2.77 bits per heavy atom. The zero-order valence-electron chi connectivity index (χ0n) is 11.7. The normalized spacial score (nSPS) is 20.5. The van der Waals surface area contributed by atoms with Gasteiger partial charge in [0, 0.05) is 10.6 Å². The largest absolute Gasteiger partial charge is 0.475 e. The Morgan fingerprint density at radius 2 is 2.09 bits per heavy atom. The van der Waals surface area contributed by atoms with Crippen molar-refractivity contribution in [1.82, 2.24) is 10.2 Å². The topological polar surface area (TPSA) is 81.3 Å². The minimum Gasteiger partial charge on any atom is -0.475 e. The third-order valence-electron chi connectivity index (χ3n) is 3.66. The standard InChI is InChI=1S/C15H15ClFN3O2/c16-9-1-2-12(17)11(5-9)14-6-13(18)15(20-19-14)22-7-8-3-10(21)4-8/h1-2,5-6,8,10,21H,3-4,7H2,(H2,18,19)/t8-,10+. The fourth-order valence-electron chi connectivity index (χ4n) is 2.37. The van der Waals surface area contributed by atoms with E-state index in [1.54, 1.807) is 0 Å². The van der Waals surface area contributed by atoms with E-state index in [2.05, 4.69) is 10.2 Å². The Balaban J connectivity index is 1.75. The number of benzene rings is 1. The van der Waals surface area contributed by atoms with Crippen molar-refractivity contribution in [2.24, 2.45) is 5.92 Å². The first-order valence-electron chi connectivity index (χ1n) is 6.92. The summed E-state index contributed by atoms with van der Waals surface area (Å²) in [7, 11) is 0. The summed E-state index contributed by atoms with van der Waals surface area (Å²) in [6.45, 7) is 0.431. The van der Waals surface area contributed by atoms with Crippen molar-refractivity contribution >= 4 is 17.3 Å². The summed E-state index contributed by atoms with van der Waals surface area (Å²) in [5.74, 6) is 0.0732. The Hall–Kier alpha value is -1.92. The van der Waals surface area contributed by atoms with Crippen LogP contribution in [0, 0.1) is 11.7 Å². The van der Waals surface area contributed by atoms with Crippen LogP contribution in [0.2, 0.25) is 5.02 Å². The van der Waals surface area contributed by atoms with Crippen molar-refractivity contribution < 1.29 is 14.2 Å². The van der Waals surface area contributed by atoms with Gasteiger partial charge >= 0.3 is 0 Å². The second-order valence-corrected chi connectivity index (χ2v) is 5.85. The maximum Gasteiger partial charge on any atom is 0.256 e. The second kappa shape index (κ2) is 6.06. The van der Waals surface area contributed by atoms with Crippen LogP contribution >= 0.6 is 11.6 Å².